The first-order chi connectivity index (χ1) is 5.83. The fourth-order valence-electron chi connectivity index (χ4n) is 1.38. The lowest BCUT2D eigenvalue weighted by Gasteiger charge is -2.13. The summed E-state index contributed by atoms with van der Waals surface area (Å²) < 4.78 is 1.18. The van der Waals surface area contributed by atoms with E-state index in [0.717, 1.165) is 5.92 Å². The summed E-state index contributed by atoms with van der Waals surface area (Å²) in [6.07, 6.45) is 2.61. The molecule has 0 aliphatic heterocycles. The normalized spacial score (nSPS) is 19.5. The van der Waals surface area contributed by atoms with E-state index in [4.69, 9.17) is 5.84 Å². The van der Waals surface area contributed by atoms with Crippen LogP contribution < -0.4 is 11.3 Å². The minimum atomic E-state index is 0.361. The van der Waals surface area contributed by atoms with Crippen molar-refractivity contribution >= 4 is 27.3 Å². The van der Waals surface area contributed by atoms with Crippen LogP contribution in [0.3, 0.4) is 0 Å². The van der Waals surface area contributed by atoms with E-state index >= 15 is 0 Å². The van der Waals surface area contributed by atoms with Crippen LogP contribution in [0.2, 0.25) is 0 Å². The maximum absolute atomic E-state index is 5.51. The molecule has 3 N–H and O–H groups in total. The van der Waals surface area contributed by atoms with Crippen LogP contribution in [0.4, 0.5) is 0 Å². The van der Waals surface area contributed by atoms with Gasteiger partial charge >= 0.3 is 0 Å². The van der Waals surface area contributed by atoms with Crippen LogP contribution in [-0.2, 0) is 0 Å². The summed E-state index contributed by atoms with van der Waals surface area (Å²) in [5.74, 6) is 6.26. The Kier molecular flexibility index (Phi) is 2.50. The van der Waals surface area contributed by atoms with Crippen molar-refractivity contribution in [1.82, 2.24) is 5.43 Å². The minimum Gasteiger partial charge on any atom is -0.271 e. The number of nitrogens with one attached hydrogen (secondary N) is 1. The van der Waals surface area contributed by atoms with E-state index in [-0.39, 0.29) is 0 Å². The Hall–Kier alpha value is 0.100. The van der Waals surface area contributed by atoms with Gasteiger partial charge in [0.1, 0.15) is 0 Å². The second-order valence-electron chi connectivity index (χ2n) is 3.11. The van der Waals surface area contributed by atoms with Gasteiger partial charge in [0.15, 0.2) is 0 Å². The van der Waals surface area contributed by atoms with Crippen molar-refractivity contribution in [3.63, 3.8) is 0 Å². The van der Waals surface area contributed by atoms with Crippen LogP contribution >= 0.6 is 27.3 Å². The zero-order chi connectivity index (χ0) is 8.55. The highest BCUT2D eigenvalue weighted by atomic mass is 79.9. The Morgan fingerprint density at radius 2 is 2.42 bits per heavy atom. The van der Waals surface area contributed by atoms with Gasteiger partial charge in [0.2, 0.25) is 0 Å². The Bertz CT molecular complexity index is 270. The number of hydrogen-bond donors (Lipinski definition) is 2. The summed E-state index contributed by atoms with van der Waals surface area (Å²) in [7, 11) is 0. The highest BCUT2D eigenvalue weighted by Crippen LogP contribution is 2.44. The molecule has 1 aromatic heterocycles. The van der Waals surface area contributed by atoms with Gasteiger partial charge in [-0.05, 0) is 46.1 Å². The molecule has 2 rings (SSSR count). The molecule has 66 valence electrons. The van der Waals surface area contributed by atoms with Gasteiger partial charge in [-0.15, -0.1) is 11.3 Å². The van der Waals surface area contributed by atoms with E-state index in [1.54, 1.807) is 11.3 Å². The topological polar surface area (TPSA) is 38.0 Å². The number of hydrazine groups is 1. The van der Waals surface area contributed by atoms with E-state index in [0.29, 0.717) is 6.04 Å². The van der Waals surface area contributed by atoms with Crippen LogP contribution in [0.1, 0.15) is 23.8 Å². The maximum Gasteiger partial charge on any atom is 0.0592 e. The molecular weight excluding hydrogens is 236 g/mol. The van der Waals surface area contributed by atoms with E-state index in [1.807, 2.05) is 0 Å². The Labute approximate surface area is 84.3 Å². The van der Waals surface area contributed by atoms with E-state index < -0.39 is 0 Å². The van der Waals surface area contributed by atoms with Crippen molar-refractivity contribution in [2.45, 2.75) is 18.9 Å². The first-order valence-corrected chi connectivity index (χ1v) is 5.69. The third kappa shape index (κ3) is 1.57. The van der Waals surface area contributed by atoms with Crippen molar-refractivity contribution in [2.24, 2.45) is 11.8 Å². The summed E-state index contributed by atoms with van der Waals surface area (Å²) in [6.45, 7) is 0. The largest absolute Gasteiger partial charge is 0.271 e. The number of thiophene rings is 1. The molecule has 0 radical (unpaired) electrons. The van der Waals surface area contributed by atoms with Gasteiger partial charge in [-0.1, -0.05) is 0 Å². The summed E-state index contributed by atoms with van der Waals surface area (Å²) >= 11 is 5.28. The zero-order valence-corrected chi connectivity index (χ0v) is 8.99. The third-order valence-corrected chi connectivity index (χ3v) is 4.15. The molecule has 1 aliphatic rings. The van der Waals surface area contributed by atoms with Crippen LogP contribution in [0, 0.1) is 5.92 Å². The molecule has 0 amide bonds. The molecule has 1 unspecified atom stereocenters. The van der Waals surface area contributed by atoms with Crippen molar-refractivity contribution in [3.8, 4) is 0 Å². The second kappa shape index (κ2) is 3.46. The summed E-state index contributed by atoms with van der Waals surface area (Å²) in [5, 5.41) is 2.09. The molecule has 0 spiro atoms. The molecule has 1 heterocycles. The predicted molar refractivity (Wildman–Crippen MR) is 54.8 cm³/mol. The lowest BCUT2D eigenvalue weighted by Crippen LogP contribution is -2.28. The highest BCUT2D eigenvalue weighted by molar-refractivity contribution is 9.10. The highest BCUT2D eigenvalue weighted by Gasteiger charge is 2.33. The Morgan fingerprint density at radius 3 is 2.83 bits per heavy atom. The molecule has 1 aliphatic carbocycles. The zero-order valence-electron chi connectivity index (χ0n) is 6.59. The molecule has 1 aromatic rings. The standard InChI is InChI=1S/C8H11BrN2S/c9-6-3-4-12-8(6)7(11-10)5-1-2-5/h3-5,7,11H,1-2,10H2. The van der Waals surface area contributed by atoms with Gasteiger partial charge in [0.25, 0.3) is 0 Å². The molecule has 12 heavy (non-hydrogen) atoms. The SMILES string of the molecule is NNC(c1sccc1Br)C1CC1. The second-order valence-corrected chi connectivity index (χ2v) is 4.92. The van der Waals surface area contributed by atoms with Gasteiger partial charge in [0, 0.05) is 9.35 Å². The quantitative estimate of drug-likeness (QED) is 0.636. The molecule has 0 bridgehead atoms. The predicted octanol–water partition coefficient (Wildman–Crippen LogP) is 2.43. The molecule has 2 nitrogen and oxygen atoms in total. The molecule has 1 fully saturated rings. The first kappa shape index (κ1) is 8.69. The number of nitrogens with two attached hydrogens (primary N) is 1. The lowest BCUT2D eigenvalue weighted by atomic mass is 10.1. The number of hydrogen-bond acceptors (Lipinski definition) is 3. The first-order valence-electron chi connectivity index (χ1n) is 4.02. The van der Waals surface area contributed by atoms with Crippen LogP contribution in [-0.4, -0.2) is 0 Å². The van der Waals surface area contributed by atoms with Crippen molar-refractivity contribution < 1.29 is 0 Å². The fraction of sp³-hybridized carbons (Fsp3) is 0.500. The van der Waals surface area contributed by atoms with Gasteiger partial charge < -0.3 is 0 Å². The van der Waals surface area contributed by atoms with Crippen molar-refractivity contribution in [3.05, 3.63) is 20.8 Å². The molecule has 4 heteroatoms. The van der Waals surface area contributed by atoms with E-state index in [9.17, 15) is 0 Å². The Balaban J connectivity index is 2.20. The Morgan fingerprint density at radius 1 is 1.67 bits per heavy atom. The van der Waals surface area contributed by atoms with Crippen molar-refractivity contribution in [1.29, 1.82) is 0 Å². The number of halogens is 1. The fourth-order valence-corrected chi connectivity index (χ4v) is 3.16. The number of rotatable bonds is 3. The van der Waals surface area contributed by atoms with Gasteiger partial charge in [0.05, 0.1) is 6.04 Å². The van der Waals surface area contributed by atoms with Crippen LogP contribution in [0.15, 0.2) is 15.9 Å². The third-order valence-electron chi connectivity index (χ3n) is 2.20. The van der Waals surface area contributed by atoms with Crippen LogP contribution in [0.5, 0.6) is 0 Å². The van der Waals surface area contributed by atoms with Gasteiger partial charge in [-0.2, -0.15) is 0 Å². The monoisotopic (exact) mass is 246 g/mol. The average molecular weight is 247 g/mol. The molecule has 0 aromatic carbocycles. The van der Waals surface area contributed by atoms with E-state index in [2.05, 4.69) is 32.8 Å². The van der Waals surface area contributed by atoms with E-state index in [1.165, 1.54) is 22.2 Å². The summed E-state index contributed by atoms with van der Waals surface area (Å²) in [6, 6.07) is 2.44. The summed E-state index contributed by atoms with van der Waals surface area (Å²) in [4.78, 5) is 1.33. The van der Waals surface area contributed by atoms with Crippen molar-refractivity contribution in [2.75, 3.05) is 0 Å². The maximum atomic E-state index is 5.51. The molecule has 1 saturated carbocycles. The van der Waals surface area contributed by atoms with Crippen LogP contribution in [0.25, 0.3) is 0 Å². The lowest BCUT2D eigenvalue weighted by molar-refractivity contribution is 0.503. The molecule has 0 saturated heterocycles. The minimum absolute atomic E-state index is 0.361. The summed E-state index contributed by atoms with van der Waals surface area (Å²) in [5.41, 5.74) is 2.89. The molecular formula is C8H11BrN2S. The smallest absolute Gasteiger partial charge is 0.0592 e. The average Bonchev–Trinajstić information content (AvgIpc) is 2.80. The van der Waals surface area contributed by atoms with Gasteiger partial charge in [-0.25, -0.2) is 0 Å². The van der Waals surface area contributed by atoms with Gasteiger partial charge in [-0.3, -0.25) is 11.3 Å². The molecule has 1 atom stereocenters.